The molecule has 2 N–H and O–H groups in total. The molecule has 3 aromatic rings. The predicted molar refractivity (Wildman–Crippen MR) is 119 cm³/mol. The van der Waals surface area contributed by atoms with Crippen molar-refractivity contribution in [1.29, 1.82) is 0 Å². The fourth-order valence-electron chi connectivity index (χ4n) is 3.84. The van der Waals surface area contributed by atoms with Crippen molar-refractivity contribution in [3.05, 3.63) is 80.9 Å². The summed E-state index contributed by atoms with van der Waals surface area (Å²) in [5.41, 5.74) is 7.69. The summed E-state index contributed by atoms with van der Waals surface area (Å²) < 4.78 is 10.7. The van der Waals surface area contributed by atoms with Crippen LogP contribution in [0.25, 0.3) is 0 Å². The highest BCUT2D eigenvalue weighted by Gasteiger charge is 2.22. The molecular formula is C25H30N2O4. The van der Waals surface area contributed by atoms with Crippen molar-refractivity contribution in [3.8, 4) is 0 Å². The number of aromatic nitrogens is 2. The average molecular weight is 423 g/mol. The molecule has 2 heterocycles. The number of H-pyrrole nitrogens is 2. The predicted octanol–water partition coefficient (Wildman–Crippen LogP) is 4.95. The van der Waals surface area contributed by atoms with E-state index in [1.165, 1.54) is 0 Å². The number of aromatic amines is 2. The second kappa shape index (κ2) is 9.69. The van der Waals surface area contributed by atoms with Gasteiger partial charge in [-0.05, 0) is 61.9 Å². The molecule has 6 heteroatoms. The second-order valence-electron chi connectivity index (χ2n) is 7.62. The zero-order valence-electron chi connectivity index (χ0n) is 18.8. The van der Waals surface area contributed by atoms with E-state index in [0.29, 0.717) is 24.4 Å². The molecule has 0 saturated carbocycles. The average Bonchev–Trinajstić information content (AvgIpc) is 3.23. The van der Waals surface area contributed by atoms with Crippen LogP contribution in [0.1, 0.15) is 74.0 Å². The molecular weight excluding hydrogens is 392 g/mol. The van der Waals surface area contributed by atoms with Gasteiger partial charge in [-0.3, -0.25) is 0 Å². The van der Waals surface area contributed by atoms with Crippen LogP contribution in [0.4, 0.5) is 0 Å². The highest BCUT2D eigenvalue weighted by Crippen LogP contribution is 2.26. The molecule has 0 radical (unpaired) electrons. The molecule has 0 spiro atoms. The highest BCUT2D eigenvalue weighted by molar-refractivity contribution is 5.90. The number of ether oxygens (including phenoxy) is 2. The van der Waals surface area contributed by atoms with Gasteiger partial charge in [0.1, 0.15) is 18.0 Å². The molecule has 164 valence electrons. The number of benzene rings is 1. The van der Waals surface area contributed by atoms with Gasteiger partial charge in [0, 0.05) is 17.8 Å². The van der Waals surface area contributed by atoms with E-state index in [-0.39, 0.29) is 18.5 Å². The molecule has 0 fully saturated rings. The van der Waals surface area contributed by atoms with E-state index in [0.717, 1.165) is 45.6 Å². The maximum atomic E-state index is 12.7. The van der Waals surface area contributed by atoms with Crippen LogP contribution in [-0.4, -0.2) is 28.5 Å². The molecule has 2 aromatic heterocycles. The van der Waals surface area contributed by atoms with Crippen molar-refractivity contribution in [2.45, 2.75) is 54.1 Å². The lowest BCUT2D eigenvalue weighted by Gasteiger charge is -2.04. The highest BCUT2D eigenvalue weighted by atomic mass is 16.5. The molecule has 1 aromatic carbocycles. The Morgan fingerprint density at radius 3 is 2.06 bits per heavy atom. The first-order valence-electron chi connectivity index (χ1n) is 10.6. The largest absolute Gasteiger partial charge is 0.461 e. The quantitative estimate of drug-likeness (QED) is 0.503. The number of rotatable bonds is 8. The van der Waals surface area contributed by atoms with Crippen LogP contribution in [-0.2, 0) is 28.9 Å². The Morgan fingerprint density at radius 2 is 1.42 bits per heavy atom. The van der Waals surface area contributed by atoms with Gasteiger partial charge in [0.05, 0.1) is 6.61 Å². The van der Waals surface area contributed by atoms with Crippen LogP contribution in [0.3, 0.4) is 0 Å². The van der Waals surface area contributed by atoms with Gasteiger partial charge in [-0.2, -0.15) is 0 Å². The van der Waals surface area contributed by atoms with Gasteiger partial charge in [-0.25, -0.2) is 9.59 Å². The Morgan fingerprint density at radius 1 is 0.806 bits per heavy atom. The standard InChI is InChI=1S/C25H30N2O4/c1-6-19-17(5)23(24(28)30-7-2)27-21(19)13-20-15(3)16(4)22(26-20)25(29)31-14-18-11-9-8-10-12-18/h8-12,26-27H,6-7,13-14H2,1-5H3. The van der Waals surface area contributed by atoms with Crippen molar-refractivity contribution in [2.75, 3.05) is 6.61 Å². The summed E-state index contributed by atoms with van der Waals surface area (Å²) in [6, 6.07) is 9.61. The van der Waals surface area contributed by atoms with Crippen molar-refractivity contribution in [1.82, 2.24) is 9.97 Å². The van der Waals surface area contributed by atoms with Gasteiger partial charge >= 0.3 is 11.9 Å². The topological polar surface area (TPSA) is 84.2 Å². The lowest BCUT2D eigenvalue weighted by Crippen LogP contribution is -2.07. The summed E-state index contributed by atoms with van der Waals surface area (Å²) in [7, 11) is 0. The summed E-state index contributed by atoms with van der Waals surface area (Å²) in [6.45, 7) is 10.3. The Kier molecular flexibility index (Phi) is 7.00. The molecule has 0 aliphatic carbocycles. The van der Waals surface area contributed by atoms with Gasteiger partial charge in [0.25, 0.3) is 0 Å². The minimum absolute atomic E-state index is 0.227. The van der Waals surface area contributed by atoms with E-state index >= 15 is 0 Å². The van der Waals surface area contributed by atoms with Crippen LogP contribution in [0.2, 0.25) is 0 Å². The van der Waals surface area contributed by atoms with Crippen LogP contribution in [0.15, 0.2) is 30.3 Å². The molecule has 0 unspecified atom stereocenters. The Balaban J connectivity index is 1.82. The molecule has 0 atom stereocenters. The van der Waals surface area contributed by atoms with Crippen LogP contribution in [0.5, 0.6) is 0 Å². The first-order chi connectivity index (χ1) is 14.9. The van der Waals surface area contributed by atoms with Crippen molar-refractivity contribution >= 4 is 11.9 Å². The fourth-order valence-corrected chi connectivity index (χ4v) is 3.84. The first-order valence-corrected chi connectivity index (χ1v) is 10.6. The maximum absolute atomic E-state index is 12.7. The Labute approximate surface area is 183 Å². The van der Waals surface area contributed by atoms with E-state index in [9.17, 15) is 9.59 Å². The van der Waals surface area contributed by atoms with E-state index in [1.807, 2.05) is 51.1 Å². The summed E-state index contributed by atoms with van der Waals surface area (Å²) in [5, 5.41) is 0. The molecule has 3 rings (SSSR count). The van der Waals surface area contributed by atoms with Crippen molar-refractivity contribution in [2.24, 2.45) is 0 Å². The molecule has 0 amide bonds. The summed E-state index contributed by atoms with van der Waals surface area (Å²) in [5.74, 6) is -0.716. The third kappa shape index (κ3) is 4.74. The van der Waals surface area contributed by atoms with Crippen LogP contribution < -0.4 is 0 Å². The lowest BCUT2D eigenvalue weighted by molar-refractivity contribution is 0.0464. The monoisotopic (exact) mass is 422 g/mol. The zero-order chi connectivity index (χ0) is 22.5. The summed E-state index contributed by atoms with van der Waals surface area (Å²) in [6.07, 6.45) is 1.35. The fraction of sp³-hybridized carbons (Fsp3) is 0.360. The smallest absolute Gasteiger partial charge is 0.355 e. The van der Waals surface area contributed by atoms with E-state index in [2.05, 4.69) is 16.9 Å². The number of nitrogens with one attached hydrogen (secondary N) is 2. The van der Waals surface area contributed by atoms with E-state index in [4.69, 9.17) is 9.47 Å². The van der Waals surface area contributed by atoms with Gasteiger partial charge in [0.2, 0.25) is 0 Å². The lowest BCUT2D eigenvalue weighted by atomic mass is 10.0. The molecule has 0 aliphatic rings. The third-order valence-corrected chi connectivity index (χ3v) is 5.74. The Hall–Kier alpha value is -3.28. The van der Waals surface area contributed by atoms with E-state index in [1.54, 1.807) is 6.92 Å². The second-order valence-corrected chi connectivity index (χ2v) is 7.62. The number of carbonyl (C=O) groups is 2. The summed E-state index contributed by atoms with van der Waals surface area (Å²) in [4.78, 5) is 31.5. The van der Waals surface area contributed by atoms with Gasteiger partial charge in [-0.15, -0.1) is 0 Å². The number of carbonyl (C=O) groups excluding carboxylic acids is 2. The number of hydrogen-bond acceptors (Lipinski definition) is 4. The van der Waals surface area contributed by atoms with E-state index < -0.39 is 0 Å². The first kappa shape index (κ1) is 22.4. The third-order valence-electron chi connectivity index (χ3n) is 5.74. The van der Waals surface area contributed by atoms with Crippen LogP contribution >= 0.6 is 0 Å². The van der Waals surface area contributed by atoms with Crippen LogP contribution in [0, 0.1) is 20.8 Å². The Bertz CT molecular complexity index is 1080. The summed E-state index contributed by atoms with van der Waals surface area (Å²) >= 11 is 0. The molecule has 31 heavy (non-hydrogen) atoms. The van der Waals surface area contributed by atoms with Crippen molar-refractivity contribution in [3.63, 3.8) is 0 Å². The minimum atomic E-state index is -0.374. The molecule has 6 nitrogen and oxygen atoms in total. The van der Waals surface area contributed by atoms with Gasteiger partial charge in [0.15, 0.2) is 0 Å². The molecule has 0 bridgehead atoms. The molecule has 0 saturated heterocycles. The molecule has 0 aliphatic heterocycles. The zero-order valence-corrected chi connectivity index (χ0v) is 18.8. The maximum Gasteiger partial charge on any atom is 0.355 e. The normalized spacial score (nSPS) is 10.9. The van der Waals surface area contributed by atoms with Crippen molar-refractivity contribution < 1.29 is 19.1 Å². The van der Waals surface area contributed by atoms with Gasteiger partial charge in [-0.1, -0.05) is 37.3 Å². The SMILES string of the molecule is CCOC(=O)c1[nH]c(Cc2[nH]c(C(=O)OCc3ccccc3)c(C)c2C)c(CC)c1C. The number of hydrogen-bond donors (Lipinski definition) is 2. The minimum Gasteiger partial charge on any atom is -0.461 e. The number of esters is 2. The van der Waals surface area contributed by atoms with Gasteiger partial charge < -0.3 is 19.4 Å².